The van der Waals surface area contributed by atoms with E-state index in [2.05, 4.69) is 5.32 Å². The van der Waals surface area contributed by atoms with E-state index in [4.69, 9.17) is 4.74 Å². The zero-order valence-electron chi connectivity index (χ0n) is 11.9. The van der Waals surface area contributed by atoms with E-state index in [0.29, 0.717) is 13.0 Å². The Hall–Kier alpha value is -1.30. The molecule has 0 spiro atoms. The minimum absolute atomic E-state index is 0.122. The van der Waals surface area contributed by atoms with Gasteiger partial charge in [-0.05, 0) is 34.1 Å². The number of carbonyl (C=O) groups excluding carboxylic acids is 2. The molecule has 19 heavy (non-hydrogen) atoms. The Bertz CT molecular complexity index is 417. The highest BCUT2D eigenvalue weighted by molar-refractivity contribution is 5.87. The number of nitrogens with zero attached hydrogens (tertiary/aromatic N) is 1. The lowest BCUT2D eigenvalue weighted by atomic mass is 9.70. The van der Waals surface area contributed by atoms with Gasteiger partial charge in [0, 0.05) is 13.1 Å². The van der Waals surface area contributed by atoms with Crippen LogP contribution in [0.5, 0.6) is 0 Å². The number of nitrogens with one attached hydrogen (secondary N) is 1. The first-order chi connectivity index (χ1) is 8.57. The molecular formula is C13H22N2O4. The van der Waals surface area contributed by atoms with Crippen molar-refractivity contribution in [2.75, 3.05) is 19.6 Å². The molecule has 2 saturated heterocycles. The zero-order valence-corrected chi connectivity index (χ0v) is 11.9. The fourth-order valence-electron chi connectivity index (χ4n) is 2.64. The highest BCUT2D eigenvalue weighted by Gasteiger charge is 2.60. The number of fused-ring (bicyclic) bond motifs is 1. The lowest BCUT2D eigenvalue weighted by Crippen LogP contribution is -2.61. The number of aliphatic hydroxyl groups is 1. The molecule has 2 fully saturated rings. The molecule has 6 nitrogen and oxygen atoms in total. The third-order valence-electron chi connectivity index (χ3n) is 4.06. The molecule has 2 N–H and O–H groups in total. The first-order valence-corrected chi connectivity index (χ1v) is 6.56. The Morgan fingerprint density at radius 2 is 2.11 bits per heavy atom. The molecule has 0 bridgehead atoms. The second kappa shape index (κ2) is 4.10. The van der Waals surface area contributed by atoms with Gasteiger partial charge in [-0.2, -0.15) is 0 Å². The first-order valence-electron chi connectivity index (χ1n) is 6.56. The summed E-state index contributed by atoms with van der Waals surface area (Å²) in [6.07, 6.45) is -0.00323. The Balaban J connectivity index is 2.11. The molecule has 2 amide bonds. The lowest BCUT2D eigenvalue weighted by Gasteiger charge is -2.45. The molecular weight excluding hydrogens is 248 g/mol. The second-order valence-electron chi connectivity index (χ2n) is 6.70. The number of hydrogen-bond acceptors (Lipinski definition) is 4. The number of likely N-dealkylation sites (tertiary alicyclic amines) is 1. The topological polar surface area (TPSA) is 78.9 Å². The summed E-state index contributed by atoms with van der Waals surface area (Å²) in [5.74, 6) is -0.140. The Morgan fingerprint density at radius 3 is 2.68 bits per heavy atom. The normalized spacial score (nSPS) is 34.8. The first kappa shape index (κ1) is 14.1. The maximum Gasteiger partial charge on any atom is 0.410 e. The summed E-state index contributed by atoms with van der Waals surface area (Å²) in [5, 5.41) is 13.3. The summed E-state index contributed by atoms with van der Waals surface area (Å²) < 4.78 is 5.30. The maximum atomic E-state index is 12.0. The van der Waals surface area contributed by atoms with Crippen LogP contribution in [0.1, 0.15) is 34.1 Å². The van der Waals surface area contributed by atoms with Crippen LogP contribution in [0.2, 0.25) is 0 Å². The van der Waals surface area contributed by atoms with E-state index in [1.54, 1.807) is 27.7 Å². The van der Waals surface area contributed by atoms with Crippen LogP contribution in [-0.2, 0) is 9.53 Å². The average Bonchev–Trinajstić information content (AvgIpc) is 2.49. The van der Waals surface area contributed by atoms with Gasteiger partial charge in [0.25, 0.3) is 0 Å². The molecule has 0 aromatic rings. The van der Waals surface area contributed by atoms with E-state index < -0.39 is 22.7 Å². The van der Waals surface area contributed by atoms with Crippen molar-refractivity contribution in [1.29, 1.82) is 0 Å². The SMILES string of the molecule is CC(C)(C)OC(=O)N1CC[C@]2(C)C(=O)NC[C@]2(O)C1. The number of ether oxygens (including phenoxy) is 1. The van der Waals surface area contributed by atoms with E-state index in [1.165, 1.54) is 4.90 Å². The van der Waals surface area contributed by atoms with E-state index in [0.717, 1.165) is 0 Å². The maximum absolute atomic E-state index is 12.0. The van der Waals surface area contributed by atoms with Crippen molar-refractivity contribution in [3.8, 4) is 0 Å². The summed E-state index contributed by atoms with van der Waals surface area (Å²) in [6, 6.07) is 0. The number of β-amino-alcohol motifs (C(OH)–C–C–N with tert-alkyl or cyclic N) is 1. The Labute approximate surface area is 113 Å². The molecule has 2 aliphatic heterocycles. The van der Waals surface area contributed by atoms with E-state index in [9.17, 15) is 14.7 Å². The van der Waals surface area contributed by atoms with E-state index in [1.807, 2.05) is 0 Å². The quantitative estimate of drug-likeness (QED) is 0.671. The molecule has 2 rings (SSSR count). The van der Waals surface area contributed by atoms with Gasteiger partial charge in [-0.1, -0.05) is 0 Å². The van der Waals surface area contributed by atoms with Crippen molar-refractivity contribution in [1.82, 2.24) is 10.2 Å². The number of amides is 2. The molecule has 108 valence electrons. The van der Waals surface area contributed by atoms with Crippen LogP contribution in [0.25, 0.3) is 0 Å². The molecule has 0 aromatic carbocycles. The van der Waals surface area contributed by atoms with Crippen LogP contribution in [-0.4, -0.2) is 52.8 Å². The number of carbonyl (C=O) groups is 2. The summed E-state index contributed by atoms with van der Waals surface area (Å²) >= 11 is 0. The van der Waals surface area contributed by atoms with Crippen LogP contribution >= 0.6 is 0 Å². The van der Waals surface area contributed by atoms with Crippen molar-refractivity contribution in [2.45, 2.75) is 45.3 Å². The number of hydrogen-bond donors (Lipinski definition) is 2. The monoisotopic (exact) mass is 270 g/mol. The van der Waals surface area contributed by atoms with E-state index in [-0.39, 0.29) is 19.0 Å². The van der Waals surface area contributed by atoms with E-state index >= 15 is 0 Å². The van der Waals surface area contributed by atoms with Crippen molar-refractivity contribution in [3.05, 3.63) is 0 Å². The molecule has 0 unspecified atom stereocenters. The fourth-order valence-corrected chi connectivity index (χ4v) is 2.64. The van der Waals surface area contributed by atoms with Gasteiger partial charge in [0.05, 0.1) is 12.0 Å². The summed E-state index contributed by atoms with van der Waals surface area (Å²) in [5.41, 5.74) is -2.59. The molecule has 2 heterocycles. The van der Waals surface area contributed by atoms with Gasteiger partial charge in [0.2, 0.25) is 5.91 Å². The lowest BCUT2D eigenvalue weighted by molar-refractivity contribution is -0.144. The van der Waals surface area contributed by atoms with Crippen LogP contribution in [0.4, 0.5) is 4.79 Å². The fraction of sp³-hybridized carbons (Fsp3) is 0.846. The van der Waals surface area contributed by atoms with Gasteiger partial charge >= 0.3 is 6.09 Å². The minimum atomic E-state index is -1.21. The molecule has 0 aliphatic carbocycles. The highest BCUT2D eigenvalue weighted by Crippen LogP contribution is 2.43. The number of piperidine rings is 1. The predicted octanol–water partition coefficient (Wildman–Crippen LogP) is 0.494. The van der Waals surface area contributed by atoms with Gasteiger partial charge < -0.3 is 20.1 Å². The molecule has 6 heteroatoms. The van der Waals surface area contributed by atoms with Gasteiger partial charge in [-0.15, -0.1) is 0 Å². The van der Waals surface area contributed by atoms with Crippen LogP contribution in [0, 0.1) is 5.41 Å². The smallest absolute Gasteiger partial charge is 0.410 e. The summed E-state index contributed by atoms with van der Waals surface area (Å²) in [6.45, 7) is 7.87. The summed E-state index contributed by atoms with van der Waals surface area (Å²) in [4.78, 5) is 25.3. The van der Waals surface area contributed by atoms with Crippen molar-refractivity contribution in [2.24, 2.45) is 5.41 Å². The van der Waals surface area contributed by atoms with Crippen molar-refractivity contribution >= 4 is 12.0 Å². The Morgan fingerprint density at radius 1 is 1.47 bits per heavy atom. The van der Waals surface area contributed by atoms with Crippen molar-refractivity contribution < 1.29 is 19.4 Å². The Kier molecular flexibility index (Phi) is 3.04. The van der Waals surface area contributed by atoms with Crippen molar-refractivity contribution in [3.63, 3.8) is 0 Å². The van der Waals surface area contributed by atoms with Gasteiger partial charge in [0.15, 0.2) is 0 Å². The van der Waals surface area contributed by atoms with Gasteiger partial charge in [-0.25, -0.2) is 4.79 Å². The largest absolute Gasteiger partial charge is 0.444 e. The third-order valence-corrected chi connectivity index (χ3v) is 4.06. The minimum Gasteiger partial charge on any atom is -0.444 e. The van der Waals surface area contributed by atoms with Crippen LogP contribution in [0.3, 0.4) is 0 Å². The van der Waals surface area contributed by atoms with Gasteiger partial charge in [-0.3, -0.25) is 4.79 Å². The summed E-state index contributed by atoms with van der Waals surface area (Å²) in [7, 11) is 0. The highest BCUT2D eigenvalue weighted by atomic mass is 16.6. The zero-order chi connectivity index (χ0) is 14.5. The number of rotatable bonds is 0. The van der Waals surface area contributed by atoms with Crippen LogP contribution < -0.4 is 5.32 Å². The molecule has 0 radical (unpaired) electrons. The molecule has 2 atom stereocenters. The predicted molar refractivity (Wildman–Crippen MR) is 68.5 cm³/mol. The molecule has 0 saturated carbocycles. The van der Waals surface area contributed by atoms with Crippen LogP contribution in [0.15, 0.2) is 0 Å². The molecule has 0 aromatic heterocycles. The standard InChI is InChI=1S/C13H22N2O4/c1-11(2,3)19-10(17)15-6-5-12(4)9(16)14-7-13(12,18)8-15/h18H,5-8H2,1-4H3,(H,14,16)/t12-,13+/m1/s1. The second-order valence-corrected chi connectivity index (χ2v) is 6.70. The third kappa shape index (κ3) is 2.29. The van der Waals surface area contributed by atoms with Gasteiger partial charge in [0.1, 0.15) is 11.2 Å². The average molecular weight is 270 g/mol. The molecule has 2 aliphatic rings.